The van der Waals surface area contributed by atoms with Crippen LogP contribution < -0.4 is 0 Å². The Labute approximate surface area is 107 Å². The molecule has 1 aromatic heterocycles. The fraction of sp³-hybridized carbons (Fsp3) is 0.167. The lowest BCUT2D eigenvalue weighted by atomic mass is 10.1. The average molecular weight is 292 g/mol. The van der Waals surface area contributed by atoms with Crippen molar-refractivity contribution in [2.24, 2.45) is 12.0 Å². The number of carbonyl (C=O) groups excluding carboxylic acids is 1. The Morgan fingerprint density at radius 2 is 2.24 bits per heavy atom. The van der Waals surface area contributed by atoms with Crippen molar-refractivity contribution in [2.75, 3.05) is 0 Å². The van der Waals surface area contributed by atoms with E-state index in [1.54, 1.807) is 17.0 Å². The van der Waals surface area contributed by atoms with Gasteiger partial charge in [-0.15, -0.1) is 0 Å². The van der Waals surface area contributed by atoms with E-state index in [4.69, 9.17) is 0 Å². The second-order valence-electron chi connectivity index (χ2n) is 3.57. The van der Waals surface area contributed by atoms with E-state index in [1.165, 1.54) is 0 Å². The number of nitrogens with zero attached hydrogens (tertiary/aromatic N) is 3. The first-order valence-corrected chi connectivity index (χ1v) is 5.84. The maximum atomic E-state index is 10.3. The van der Waals surface area contributed by atoms with Crippen molar-refractivity contribution in [2.45, 2.75) is 6.42 Å². The van der Waals surface area contributed by atoms with Gasteiger partial charge in [0, 0.05) is 17.9 Å². The highest BCUT2D eigenvalue weighted by Crippen LogP contribution is 2.24. The van der Waals surface area contributed by atoms with Crippen molar-refractivity contribution >= 4 is 27.7 Å². The van der Waals surface area contributed by atoms with Gasteiger partial charge in [-0.1, -0.05) is 34.1 Å². The van der Waals surface area contributed by atoms with E-state index in [9.17, 15) is 4.79 Å². The Bertz CT molecular complexity index is 585. The summed E-state index contributed by atoms with van der Waals surface area (Å²) >= 11 is 3.49. The molecule has 0 aliphatic rings. The predicted molar refractivity (Wildman–Crippen MR) is 67.9 cm³/mol. The van der Waals surface area contributed by atoms with Gasteiger partial charge in [0.25, 0.3) is 0 Å². The highest BCUT2D eigenvalue weighted by molar-refractivity contribution is 9.10. The maximum Gasteiger partial charge on any atom is 0.240 e. The van der Waals surface area contributed by atoms with Crippen molar-refractivity contribution in [1.29, 1.82) is 0 Å². The maximum absolute atomic E-state index is 10.3. The molecular formula is C12H10BrN3O. The fourth-order valence-electron chi connectivity index (χ4n) is 1.62. The lowest BCUT2D eigenvalue weighted by Gasteiger charge is -2.05. The molecule has 0 radical (unpaired) electrons. The molecule has 0 saturated heterocycles. The number of aromatic nitrogens is 2. The number of aliphatic imine (C=N–C) groups is 1. The topological polar surface area (TPSA) is 47.2 Å². The summed E-state index contributed by atoms with van der Waals surface area (Å²) < 4.78 is 2.75. The normalized spacial score (nSPS) is 10.0. The first-order chi connectivity index (χ1) is 8.22. The number of hydrogen-bond donors (Lipinski definition) is 0. The molecule has 4 nitrogen and oxygen atoms in total. The van der Waals surface area contributed by atoms with Gasteiger partial charge in [-0.2, -0.15) is 10.1 Å². The average Bonchev–Trinajstić information content (AvgIpc) is 2.65. The standard InChI is InChI=1S/C12H10BrN3O/c1-16-12(11(7-15-16)14-8-17)6-9-4-2-3-5-10(9)13/h2-5,7H,6H2,1H3. The summed E-state index contributed by atoms with van der Waals surface area (Å²) in [5.74, 6) is 0. The van der Waals surface area contributed by atoms with Gasteiger partial charge in [-0.3, -0.25) is 4.68 Å². The van der Waals surface area contributed by atoms with Crippen LogP contribution in [-0.4, -0.2) is 15.9 Å². The van der Waals surface area contributed by atoms with E-state index in [2.05, 4.69) is 26.0 Å². The predicted octanol–water partition coefficient (Wildman–Crippen LogP) is 2.74. The van der Waals surface area contributed by atoms with Crippen LogP contribution in [0.1, 0.15) is 11.3 Å². The SMILES string of the molecule is Cn1ncc(N=C=O)c1Cc1ccccc1Br. The minimum Gasteiger partial charge on any atom is -0.270 e. The lowest BCUT2D eigenvalue weighted by molar-refractivity contribution is 0.565. The summed E-state index contributed by atoms with van der Waals surface area (Å²) in [4.78, 5) is 14.0. The summed E-state index contributed by atoms with van der Waals surface area (Å²) in [6, 6.07) is 7.93. The van der Waals surface area contributed by atoms with E-state index in [0.29, 0.717) is 12.1 Å². The minimum absolute atomic E-state index is 0.568. The zero-order valence-corrected chi connectivity index (χ0v) is 10.8. The van der Waals surface area contributed by atoms with Gasteiger partial charge >= 0.3 is 0 Å². The van der Waals surface area contributed by atoms with Gasteiger partial charge in [0.15, 0.2) is 0 Å². The Kier molecular flexibility index (Phi) is 3.52. The highest BCUT2D eigenvalue weighted by atomic mass is 79.9. The number of rotatable bonds is 3. The second-order valence-corrected chi connectivity index (χ2v) is 4.43. The van der Waals surface area contributed by atoms with Crippen molar-refractivity contribution in [3.8, 4) is 0 Å². The molecule has 0 unspecified atom stereocenters. The molecule has 0 bridgehead atoms. The third-order valence-corrected chi connectivity index (χ3v) is 3.29. The van der Waals surface area contributed by atoms with Gasteiger partial charge in [-0.05, 0) is 11.6 Å². The largest absolute Gasteiger partial charge is 0.270 e. The molecule has 0 saturated carbocycles. The monoisotopic (exact) mass is 291 g/mol. The van der Waals surface area contributed by atoms with Crippen LogP contribution in [0.5, 0.6) is 0 Å². The Morgan fingerprint density at radius 1 is 1.47 bits per heavy atom. The van der Waals surface area contributed by atoms with Crippen LogP contribution in [0.25, 0.3) is 0 Å². The van der Waals surface area contributed by atoms with Crippen LogP contribution in [-0.2, 0) is 18.3 Å². The van der Waals surface area contributed by atoms with Crippen LogP contribution in [0.15, 0.2) is 39.9 Å². The zero-order valence-electron chi connectivity index (χ0n) is 9.22. The lowest BCUT2D eigenvalue weighted by Crippen LogP contribution is -1.99. The Hall–Kier alpha value is -1.71. The molecule has 0 aliphatic carbocycles. The third kappa shape index (κ3) is 2.52. The molecule has 5 heteroatoms. The molecule has 0 fully saturated rings. The minimum atomic E-state index is 0.568. The molecule has 1 aromatic carbocycles. The molecular weight excluding hydrogens is 282 g/mol. The van der Waals surface area contributed by atoms with Gasteiger partial charge in [0.05, 0.1) is 11.9 Å². The van der Waals surface area contributed by atoms with Crippen molar-refractivity contribution in [3.63, 3.8) is 0 Å². The van der Waals surface area contributed by atoms with Gasteiger partial charge < -0.3 is 0 Å². The summed E-state index contributed by atoms with van der Waals surface area (Å²) in [5, 5.41) is 4.09. The summed E-state index contributed by atoms with van der Waals surface area (Å²) in [6.45, 7) is 0. The fourth-order valence-corrected chi connectivity index (χ4v) is 2.05. The van der Waals surface area contributed by atoms with Crippen LogP contribution in [0.4, 0.5) is 5.69 Å². The summed E-state index contributed by atoms with van der Waals surface area (Å²) in [6.07, 6.45) is 3.78. The first kappa shape index (κ1) is 11.8. The number of isocyanates is 1. The van der Waals surface area contributed by atoms with Crippen LogP contribution in [0.2, 0.25) is 0 Å². The van der Waals surface area contributed by atoms with Gasteiger partial charge in [-0.25, -0.2) is 4.79 Å². The molecule has 1 heterocycles. The Morgan fingerprint density at radius 3 is 2.94 bits per heavy atom. The van der Waals surface area contributed by atoms with E-state index < -0.39 is 0 Å². The molecule has 0 amide bonds. The molecule has 0 atom stereocenters. The quantitative estimate of drug-likeness (QED) is 0.645. The molecule has 0 spiro atoms. The van der Waals surface area contributed by atoms with Crippen LogP contribution in [0, 0.1) is 0 Å². The van der Waals surface area contributed by atoms with E-state index in [0.717, 1.165) is 15.7 Å². The molecule has 2 rings (SSSR count). The molecule has 0 aliphatic heterocycles. The zero-order chi connectivity index (χ0) is 12.3. The molecule has 0 N–H and O–H groups in total. The number of halogens is 1. The number of hydrogen-bond acceptors (Lipinski definition) is 3. The highest BCUT2D eigenvalue weighted by Gasteiger charge is 2.10. The van der Waals surface area contributed by atoms with Gasteiger partial charge in [0.2, 0.25) is 6.08 Å². The van der Waals surface area contributed by atoms with E-state index >= 15 is 0 Å². The van der Waals surface area contributed by atoms with Crippen LogP contribution >= 0.6 is 15.9 Å². The smallest absolute Gasteiger partial charge is 0.240 e. The summed E-state index contributed by atoms with van der Waals surface area (Å²) in [5.41, 5.74) is 2.58. The van der Waals surface area contributed by atoms with Crippen molar-refractivity contribution in [1.82, 2.24) is 9.78 Å². The van der Waals surface area contributed by atoms with Gasteiger partial charge in [0.1, 0.15) is 5.69 Å². The van der Waals surface area contributed by atoms with Crippen molar-refractivity contribution in [3.05, 3.63) is 46.2 Å². The molecule has 2 aromatic rings. The van der Waals surface area contributed by atoms with E-state index in [1.807, 2.05) is 31.3 Å². The first-order valence-electron chi connectivity index (χ1n) is 5.04. The molecule has 17 heavy (non-hydrogen) atoms. The third-order valence-electron chi connectivity index (χ3n) is 2.52. The van der Waals surface area contributed by atoms with E-state index in [-0.39, 0.29) is 0 Å². The molecule has 86 valence electrons. The van der Waals surface area contributed by atoms with Crippen molar-refractivity contribution < 1.29 is 4.79 Å². The second kappa shape index (κ2) is 5.08. The number of aryl methyl sites for hydroxylation is 1. The Balaban J connectivity index is 2.39. The number of benzene rings is 1. The summed E-state index contributed by atoms with van der Waals surface area (Å²) in [7, 11) is 1.83. The van der Waals surface area contributed by atoms with Crippen LogP contribution in [0.3, 0.4) is 0 Å².